The maximum absolute atomic E-state index is 10.5. The molecule has 0 amide bonds. The molecule has 4 N–H and O–H groups in total. The molecule has 0 saturated heterocycles. The Morgan fingerprint density at radius 1 is 0.536 bits per heavy atom. The van der Waals surface area contributed by atoms with E-state index in [4.69, 9.17) is 20.4 Å². The number of unbranched alkanes of at least 4 members (excludes halogenated alkanes) is 7. The van der Waals surface area contributed by atoms with Crippen molar-refractivity contribution in [2.24, 2.45) is 0 Å². The van der Waals surface area contributed by atoms with Gasteiger partial charge < -0.3 is 20.4 Å². The van der Waals surface area contributed by atoms with Crippen molar-refractivity contribution in [1.82, 2.24) is 0 Å². The van der Waals surface area contributed by atoms with Gasteiger partial charge in [0.15, 0.2) is 0 Å². The topological polar surface area (TPSA) is 149 Å². The summed E-state index contributed by atoms with van der Waals surface area (Å²) in [5, 5.41) is 33.9. The van der Waals surface area contributed by atoms with Gasteiger partial charge in [-0.05, 0) is 25.0 Å². The number of carbonyl (C=O) groups is 4. The summed E-state index contributed by atoms with van der Waals surface area (Å²) in [5.74, 6) is -3.89. The smallest absolute Gasteiger partial charge is 0.336 e. The third-order valence-corrected chi connectivity index (χ3v) is 3.92. The van der Waals surface area contributed by atoms with E-state index in [1.165, 1.54) is 24.3 Å². The van der Waals surface area contributed by atoms with Gasteiger partial charge in [-0.2, -0.15) is 0 Å². The van der Waals surface area contributed by atoms with E-state index in [0.29, 0.717) is 0 Å². The fourth-order valence-electron chi connectivity index (χ4n) is 2.47. The Morgan fingerprint density at radius 2 is 0.821 bits per heavy atom. The van der Waals surface area contributed by atoms with Crippen molar-refractivity contribution in [3.05, 3.63) is 35.4 Å². The van der Waals surface area contributed by atoms with Crippen LogP contribution in [0.1, 0.15) is 84.9 Å². The Bertz CT molecular complexity index is 584. The molecule has 1 aromatic rings. The summed E-state index contributed by atoms with van der Waals surface area (Å²) >= 11 is 0. The first-order valence-corrected chi connectivity index (χ1v) is 9.25. The van der Waals surface area contributed by atoms with Gasteiger partial charge in [-0.1, -0.05) is 50.7 Å². The lowest BCUT2D eigenvalue weighted by atomic mass is 10.1. The van der Waals surface area contributed by atoms with Crippen molar-refractivity contribution in [3.63, 3.8) is 0 Å². The fourth-order valence-corrected chi connectivity index (χ4v) is 2.47. The number of hydrogen-bond donors (Lipinski definition) is 4. The molecular formula is C20H28O8. The molecule has 1 aromatic carbocycles. The molecule has 0 atom stereocenters. The number of aliphatic carboxylic acids is 2. The second kappa shape index (κ2) is 15.2. The van der Waals surface area contributed by atoms with E-state index in [9.17, 15) is 19.2 Å². The Kier molecular flexibility index (Phi) is 13.6. The van der Waals surface area contributed by atoms with E-state index in [0.717, 1.165) is 51.4 Å². The largest absolute Gasteiger partial charge is 0.481 e. The third kappa shape index (κ3) is 13.3. The normalized spacial score (nSPS) is 9.86. The van der Waals surface area contributed by atoms with E-state index >= 15 is 0 Å². The van der Waals surface area contributed by atoms with Gasteiger partial charge in [0.2, 0.25) is 0 Å². The van der Waals surface area contributed by atoms with Crippen molar-refractivity contribution < 1.29 is 39.6 Å². The zero-order valence-electron chi connectivity index (χ0n) is 15.8. The monoisotopic (exact) mass is 396 g/mol. The molecule has 0 heterocycles. The second-order valence-electron chi connectivity index (χ2n) is 6.27. The first-order valence-electron chi connectivity index (χ1n) is 9.25. The molecule has 0 unspecified atom stereocenters. The molecule has 8 heteroatoms. The lowest BCUT2D eigenvalue weighted by Crippen LogP contribution is -2.06. The molecular weight excluding hydrogens is 368 g/mol. The van der Waals surface area contributed by atoms with Gasteiger partial charge in [0.1, 0.15) is 0 Å². The third-order valence-electron chi connectivity index (χ3n) is 3.92. The van der Waals surface area contributed by atoms with Gasteiger partial charge in [0.25, 0.3) is 0 Å². The van der Waals surface area contributed by atoms with Crippen LogP contribution in [0.25, 0.3) is 0 Å². The van der Waals surface area contributed by atoms with Gasteiger partial charge >= 0.3 is 23.9 Å². The van der Waals surface area contributed by atoms with Crippen LogP contribution in [-0.4, -0.2) is 44.3 Å². The van der Waals surface area contributed by atoms with Crippen LogP contribution in [0.5, 0.6) is 0 Å². The summed E-state index contributed by atoms with van der Waals surface area (Å²) in [6, 6.07) is 5.48. The highest BCUT2D eigenvalue weighted by Gasteiger charge is 2.13. The van der Waals surface area contributed by atoms with E-state index in [-0.39, 0.29) is 24.0 Å². The van der Waals surface area contributed by atoms with Crippen LogP contribution in [0.4, 0.5) is 0 Å². The molecule has 0 spiro atoms. The highest BCUT2D eigenvalue weighted by molar-refractivity contribution is 6.01. The highest BCUT2D eigenvalue weighted by Crippen LogP contribution is 2.10. The van der Waals surface area contributed by atoms with Crippen molar-refractivity contribution in [3.8, 4) is 0 Å². The summed E-state index contributed by atoms with van der Waals surface area (Å²) < 4.78 is 0. The number of carboxylic acid groups (broad SMARTS) is 4. The van der Waals surface area contributed by atoms with Crippen LogP contribution in [0.3, 0.4) is 0 Å². The summed E-state index contributed by atoms with van der Waals surface area (Å²) in [6.45, 7) is 0. The molecule has 156 valence electrons. The molecule has 0 radical (unpaired) electrons. The lowest BCUT2D eigenvalue weighted by molar-refractivity contribution is -0.138. The SMILES string of the molecule is O=C(O)CCCCCCCCCCC(=O)O.O=C(O)c1ccccc1C(=O)O. The maximum atomic E-state index is 10.5. The molecule has 0 bridgehead atoms. The van der Waals surface area contributed by atoms with Gasteiger partial charge in [-0.3, -0.25) is 9.59 Å². The van der Waals surface area contributed by atoms with Crippen LogP contribution in [0.2, 0.25) is 0 Å². The van der Waals surface area contributed by atoms with Crippen LogP contribution in [-0.2, 0) is 9.59 Å². The summed E-state index contributed by atoms with van der Waals surface area (Å²) in [4.78, 5) is 41.4. The zero-order valence-corrected chi connectivity index (χ0v) is 15.8. The van der Waals surface area contributed by atoms with Crippen LogP contribution in [0, 0.1) is 0 Å². The molecule has 0 aliphatic rings. The number of benzene rings is 1. The molecule has 0 aliphatic carbocycles. The Morgan fingerprint density at radius 3 is 1.07 bits per heavy atom. The van der Waals surface area contributed by atoms with Crippen molar-refractivity contribution >= 4 is 23.9 Å². The van der Waals surface area contributed by atoms with E-state index in [2.05, 4.69) is 0 Å². The fraction of sp³-hybridized carbons (Fsp3) is 0.500. The Balaban J connectivity index is 0.000000540. The van der Waals surface area contributed by atoms with E-state index in [1.807, 2.05) is 0 Å². The highest BCUT2D eigenvalue weighted by atomic mass is 16.4. The lowest BCUT2D eigenvalue weighted by Gasteiger charge is -2.00. The number of carboxylic acids is 4. The first-order chi connectivity index (χ1) is 13.3. The van der Waals surface area contributed by atoms with Gasteiger partial charge in [-0.15, -0.1) is 0 Å². The molecule has 8 nitrogen and oxygen atoms in total. The minimum atomic E-state index is -1.23. The van der Waals surface area contributed by atoms with Crippen LogP contribution < -0.4 is 0 Å². The van der Waals surface area contributed by atoms with Crippen LogP contribution in [0.15, 0.2) is 24.3 Å². The molecule has 0 saturated carbocycles. The van der Waals surface area contributed by atoms with E-state index in [1.54, 1.807) is 0 Å². The quantitative estimate of drug-likeness (QED) is 0.363. The summed E-state index contributed by atoms with van der Waals surface area (Å²) in [6.07, 6.45) is 8.51. The number of aromatic carboxylic acids is 2. The minimum Gasteiger partial charge on any atom is -0.481 e. The van der Waals surface area contributed by atoms with Gasteiger partial charge in [0, 0.05) is 12.8 Å². The molecule has 0 aromatic heterocycles. The predicted octanol–water partition coefficient (Wildman–Crippen LogP) is 4.14. The average molecular weight is 396 g/mol. The molecule has 0 aliphatic heterocycles. The molecule has 28 heavy (non-hydrogen) atoms. The van der Waals surface area contributed by atoms with Gasteiger partial charge in [-0.25, -0.2) is 9.59 Å². The summed E-state index contributed by atoms with van der Waals surface area (Å²) in [5.41, 5.74) is -0.380. The van der Waals surface area contributed by atoms with Crippen LogP contribution >= 0.6 is 0 Å². The Hall–Kier alpha value is -2.90. The number of hydrogen-bond acceptors (Lipinski definition) is 4. The molecule has 1 rings (SSSR count). The van der Waals surface area contributed by atoms with E-state index < -0.39 is 23.9 Å². The summed E-state index contributed by atoms with van der Waals surface area (Å²) in [7, 11) is 0. The zero-order chi connectivity index (χ0) is 21.4. The van der Waals surface area contributed by atoms with Crippen molar-refractivity contribution in [2.75, 3.05) is 0 Å². The Labute approximate surface area is 163 Å². The predicted molar refractivity (Wildman–Crippen MR) is 102 cm³/mol. The second-order valence-corrected chi connectivity index (χ2v) is 6.27. The standard InChI is InChI=1S/C12H22O4.C8H6O4/c13-11(14)9-7-5-3-1-2-4-6-8-10-12(15)16;9-7(10)5-3-1-2-4-6(5)8(11)12/h1-10H2,(H,13,14)(H,15,16);1-4H,(H,9,10)(H,11,12). The van der Waals surface area contributed by atoms with Crippen molar-refractivity contribution in [1.29, 1.82) is 0 Å². The maximum Gasteiger partial charge on any atom is 0.336 e. The van der Waals surface area contributed by atoms with Crippen molar-refractivity contribution in [2.45, 2.75) is 64.2 Å². The van der Waals surface area contributed by atoms with Gasteiger partial charge in [0.05, 0.1) is 11.1 Å². The number of rotatable bonds is 13. The minimum absolute atomic E-state index is 0.190. The molecule has 0 fully saturated rings. The first kappa shape index (κ1) is 25.1. The average Bonchev–Trinajstić information content (AvgIpc) is 2.63.